The molecule has 21 heavy (non-hydrogen) atoms. The first-order valence-electron chi connectivity index (χ1n) is 7.27. The minimum atomic E-state index is -1.16. The van der Waals surface area contributed by atoms with Crippen LogP contribution in [0.1, 0.15) is 48.6 Å². The summed E-state index contributed by atoms with van der Waals surface area (Å²) in [6, 6.07) is 1.72. The molecule has 0 atom stereocenters. The number of carbonyl (C=O) groups excluding carboxylic acids is 1. The van der Waals surface area contributed by atoms with Crippen molar-refractivity contribution in [3.8, 4) is 0 Å². The first kappa shape index (κ1) is 15.9. The molecule has 0 bridgehead atoms. The van der Waals surface area contributed by atoms with Crippen LogP contribution in [0.3, 0.4) is 0 Å². The van der Waals surface area contributed by atoms with Crippen molar-refractivity contribution in [2.45, 2.75) is 45.1 Å². The summed E-state index contributed by atoms with van der Waals surface area (Å²) in [5.74, 6) is 1.10. The Morgan fingerprint density at radius 1 is 1.33 bits per heavy atom. The molecule has 2 heterocycles. The van der Waals surface area contributed by atoms with Gasteiger partial charge in [-0.1, -0.05) is 13.8 Å². The van der Waals surface area contributed by atoms with E-state index in [0.717, 1.165) is 35.7 Å². The van der Waals surface area contributed by atoms with Crippen molar-refractivity contribution in [1.82, 2.24) is 5.32 Å². The fraction of sp³-hybridized carbons (Fsp3) is 0.600. The molecule has 0 saturated carbocycles. The predicted molar refractivity (Wildman–Crippen MR) is 81.9 cm³/mol. The maximum Gasteiger partial charge on any atom is 0.329 e. The van der Waals surface area contributed by atoms with E-state index in [1.165, 1.54) is 0 Å². The summed E-state index contributed by atoms with van der Waals surface area (Å²) in [4.78, 5) is 23.9. The number of carboxylic acids is 1. The van der Waals surface area contributed by atoms with E-state index < -0.39 is 17.4 Å². The van der Waals surface area contributed by atoms with Crippen LogP contribution in [0.2, 0.25) is 0 Å². The van der Waals surface area contributed by atoms with Crippen LogP contribution in [0.15, 0.2) is 10.5 Å². The van der Waals surface area contributed by atoms with Crippen LogP contribution in [0, 0.1) is 0 Å². The van der Waals surface area contributed by atoms with Gasteiger partial charge in [-0.05, 0) is 42.4 Å². The lowest BCUT2D eigenvalue weighted by Gasteiger charge is -2.33. The van der Waals surface area contributed by atoms with Gasteiger partial charge in [0.15, 0.2) is 5.76 Å². The normalized spacial score (nSPS) is 17.4. The minimum Gasteiger partial charge on any atom is -0.480 e. The summed E-state index contributed by atoms with van der Waals surface area (Å²) in [5, 5.41) is 12.2. The second kappa shape index (κ2) is 6.56. The molecule has 0 aliphatic carbocycles. The highest BCUT2D eigenvalue weighted by Gasteiger charge is 2.42. The highest BCUT2D eigenvalue weighted by molar-refractivity contribution is 7.99. The molecule has 1 aromatic rings. The van der Waals surface area contributed by atoms with Gasteiger partial charge in [0.1, 0.15) is 11.3 Å². The van der Waals surface area contributed by atoms with E-state index in [4.69, 9.17) is 4.42 Å². The largest absolute Gasteiger partial charge is 0.480 e. The van der Waals surface area contributed by atoms with Crippen molar-refractivity contribution in [2.24, 2.45) is 0 Å². The molecular weight excluding hydrogens is 290 g/mol. The standard InChI is InChI=1S/C15H21NO4S/c1-3-10-9-12(20-11(10)4-2)13(17)16-15(14(18)19)5-7-21-8-6-15/h9H,3-8H2,1-2H3,(H,16,17)(H,18,19). The molecular formula is C15H21NO4S. The lowest BCUT2D eigenvalue weighted by atomic mass is 9.92. The van der Waals surface area contributed by atoms with Crippen molar-refractivity contribution in [3.05, 3.63) is 23.2 Å². The van der Waals surface area contributed by atoms with Crippen molar-refractivity contribution < 1.29 is 19.1 Å². The lowest BCUT2D eigenvalue weighted by Crippen LogP contribution is -2.56. The number of aliphatic carboxylic acids is 1. The first-order chi connectivity index (χ1) is 10.0. The third-order valence-corrected chi connectivity index (χ3v) is 4.92. The molecule has 116 valence electrons. The number of furan rings is 1. The molecule has 1 aliphatic rings. The number of aryl methyl sites for hydroxylation is 2. The zero-order valence-corrected chi connectivity index (χ0v) is 13.2. The van der Waals surface area contributed by atoms with Gasteiger partial charge in [0.25, 0.3) is 5.91 Å². The number of hydrogen-bond acceptors (Lipinski definition) is 4. The predicted octanol–water partition coefficient (Wildman–Crippen LogP) is 2.48. The summed E-state index contributed by atoms with van der Waals surface area (Å²) in [6.07, 6.45) is 2.40. The molecule has 0 unspecified atom stereocenters. The highest BCUT2D eigenvalue weighted by atomic mass is 32.2. The average Bonchev–Trinajstić information content (AvgIpc) is 2.91. The zero-order valence-electron chi connectivity index (χ0n) is 12.4. The Labute approximate surface area is 128 Å². The van der Waals surface area contributed by atoms with Crippen LogP contribution in [0.5, 0.6) is 0 Å². The topological polar surface area (TPSA) is 79.5 Å². The zero-order chi connectivity index (χ0) is 15.5. The van der Waals surface area contributed by atoms with Gasteiger partial charge in [-0.3, -0.25) is 4.79 Å². The molecule has 1 aliphatic heterocycles. The molecule has 1 amide bonds. The van der Waals surface area contributed by atoms with Gasteiger partial charge in [-0.15, -0.1) is 0 Å². The Morgan fingerprint density at radius 3 is 2.48 bits per heavy atom. The van der Waals surface area contributed by atoms with Crippen molar-refractivity contribution in [2.75, 3.05) is 11.5 Å². The number of carboxylic acid groups (broad SMARTS) is 1. The quantitative estimate of drug-likeness (QED) is 0.873. The third kappa shape index (κ3) is 3.26. The van der Waals surface area contributed by atoms with Gasteiger partial charge >= 0.3 is 5.97 Å². The maximum absolute atomic E-state index is 12.3. The lowest BCUT2D eigenvalue weighted by molar-refractivity contribution is -0.144. The Morgan fingerprint density at radius 2 is 2.00 bits per heavy atom. The van der Waals surface area contributed by atoms with Gasteiger partial charge in [0.2, 0.25) is 0 Å². The summed E-state index contributed by atoms with van der Waals surface area (Å²) in [6.45, 7) is 3.97. The molecule has 0 spiro atoms. The van der Waals surface area contributed by atoms with Gasteiger partial charge in [-0.25, -0.2) is 4.79 Å². The number of carbonyl (C=O) groups is 2. The first-order valence-corrected chi connectivity index (χ1v) is 8.43. The highest BCUT2D eigenvalue weighted by Crippen LogP contribution is 2.28. The van der Waals surface area contributed by atoms with Gasteiger partial charge in [-0.2, -0.15) is 11.8 Å². The molecule has 2 rings (SSSR count). The van der Waals surface area contributed by atoms with E-state index in [9.17, 15) is 14.7 Å². The monoisotopic (exact) mass is 311 g/mol. The average molecular weight is 311 g/mol. The van der Waals surface area contributed by atoms with Crippen molar-refractivity contribution in [1.29, 1.82) is 0 Å². The Kier molecular flexibility index (Phi) is 4.98. The summed E-state index contributed by atoms with van der Waals surface area (Å²) in [5.41, 5.74) is -0.153. The van der Waals surface area contributed by atoms with E-state index in [1.54, 1.807) is 17.8 Å². The summed E-state index contributed by atoms with van der Waals surface area (Å²) < 4.78 is 5.57. The van der Waals surface area contributed by atoms with Gasteiger partial charge < -0.3 is 14.8 Å². The molecule has 5 nitrogen and oxygen atoms in total. The smallest absolute Gasteiger partial charge is 0.329 e. The third-order valence-electron chi connectivity index (χ3n) is 3.93. The van der Waals surface area contributed by atoms with Crippen LogP contribution < -0.4 is 5.32 Å². The fourth-order valence-electron chi connectivity index (χ4n) is 2.57. The number of rotatable bonds is 5. The Bertz CT molecular complexity index is 510. The second-order valence-corrected chi connectivity index (χ2v) is 6.44. The van der Waals surface area contributed by atoms with Crippen molar-refractivity contribution in [3.63, 3.8) is 0 Å². The molecule has 6 heteroatoms. The maximum atomic E-state index is 12.3. The van der Waals surface area contributed by atoms with E-state index in [-0.39, 0.29) is 5.76 Å². The Hall–Kier alpha value is -1.43. The van der Waals surface area contributed by atoms with Crippen LogP contribution in [0.4, 0.5) is 0 Å². The second-order valence-electron chi connectivity index (χ2n) is 5.22. The van der Waals surface area contributed by atoms with Gasteiger partial charge in [0, 0.05) is 6.42 Å². The number of thioether (sulfide) groups is 1. The fourth-order valence-corrected chi connectivity index (χ4v) is 3.76. The number of hydrogen-bond donors (Lipinski definition) is 2. The van der Waals surface area contributed by atoms with E-state index in [0.29, 0.717) is 12.8 Å². The van der Waals surface area contributed by atoms with Crippen LogP contribution in [-0.2, 0) is 17.6 Å². The molecule has 1 aromatic heterocycles. The summed E-state index contributed by atoms with van der Waals surface area (Å²) >= 11 is 1.71. The molecule has 2 N–H and O–H groups in total. The SMILES string of the molecule is CCc1cc(C(=O)NC2(C(=O)O)CCSCC2)oc1CC. The summed E-state index contributed by atoms with van der Waals surface area (Å²) in [7, 11) is 0. The molecule has 0 radical (unpaired) electrons. The molecule has 1 saturated heterocycles. The molecule has 1 fully saturated rings. The van der Waals surface area contributed by atoms with Crippen LogP contribution >= 0.6 is 11.8 Å². The van der Waals surface area contributed by atoms with E-state index in [2.05, 4.69) is 5.32 Å². The van der Waals surface area contributed by atoms with Crippen molar-refractivity contribution >= 4 is 23.6 Å². The van der Waals surface area contributed by atoms with Crippen LogP contribution in [-0.4, -0.2) is 34.0 Å². The number of nitrogens with one attached hydrogen (secondary N) is 1. The van der Waals surface area contributed by atoms with E-state index in [1.807, 2.05) is 13.8 Å². The van der Waals surface area contributed by atoms with E-state index >= 15 is 0 Å². The Balaban J connectivity index is 2.19. The number of amides is 1. The van der Waals surface area contributed by atoms with Crippen LogP contribution in [0.25, 0.3) is 0 Å². The minimum absolute atomic E-state index is 0.211. The molecule has 0 aromatic carbocycles. The van der Waals surface area contributed by atoms with Gasteiger partial charge in [0.05, 0.1) is 0 Å².